The van der Waals surface area contributed by atoms with Gasteiger partial charge in [0.25, 0.3) is 0 Å². The molecule has 3 unspecified atom stereocenters. The van der Waals surface area contributed by atoms with Gasteiger partial charge in [-0.15, -0.1) is 0 Å². The largest absolute Gasteiger partial charge is 0.474 e. The quantitative estimate of drug-likeness (QED) is 0.760. The summed E-state index contributed by atoms with van der Waals surface area (Å²) in [4.78, 5) is 7.82. The summed E-state index contributed by atoms with van der Waals surface area (Å²) < 4.78 is 27.3. The lowest BCUT2D eigenvalue weighted by Crippen LogP contribution is -2.24. The van der Waals surface area contributed by atoms with E-state index in [1.165, 1.54) is 6.33 Å². The highest BCUT2D eigenvalue weighted by molar-refractivity contribution is 7.77. The minimum absolute atomic E-state index is 0.142. The van der Waals surface area contributed by atoms with Crippen LogP contribution in [0.4, 0.5) is 0 Å². The molecule has 2 N–H and O–H groups in total. The Morgan fingerprint density at radius 3 is 3.18 bits per heavy atom. The molecule has 7 heteroatoms. The van der Waals surface area contributed by atoms with E-state index in [0.29, 0.717) is 18.3 Å². The van der Waals surface area contributed by atoms with Crippen LogP contribution in [-0.4, -0.2) is 31.4 Å². The molecule has 0 aliphatic heterocycles. The van der Waals surface area contributed by atoms with Crippen molar-refractivity contribution in [3.63, 3.8) is 0 Å². The number of nitrogens with zero attached hydrogens (tertiary/aromatic N) is 2. The Labute approximate surface area is 102 Å². The van der Waals surface area contributed by atoms with Crippen LogP contribution in [0.3, 0.4) is 0 Å². The van der Waals surface area contributed by atoms with Crippen molar-refractivity contribution in [1.82, 2.24) is 14.7 Å². The molecule has 0 spiro atoms. The van der Waals surface area contributed by atoms with Crippen LogP contribution in [0.1, 0.15) is 19.3 Å². The third kappa shape index (κ3) is 4.03. The van der Waals surface area contributed by atoms with Crippen LogP contribution in [0.25, 0.3) is 0 Å². The van der Waals surface area contributed by atoms with Gasteiger partial charge >= 0.3 is 0 Å². The van der Waals surface area contributed by atoms with Gasteiger partial charge in [-0.05, 0) is 25.2 Å². The Morgan fingerprint density at radius 1 is 1.59 bits per heavy atom. The summed E-state index contributed by atoms with van der Waals surface area (Å²) in [6, 6.07) is 1.73. The van der Waals surface area contributed by atoms with Crippen molar-refractivity contribution in [2.24, 2.45) is 5.92 Å². The summed E-state index contributed by atoms with van der Waals surface area (Å²) in [6.07, 6.45) is 6.08. The van der Waals surface area contributed by atoms with Crippen LogP contribution in [-0.2, 0) is 11.3 Å². The SMILES string of the molecule is O=S(O)NCC1CCC(Oc2ccncn2)C1. The molecule has 94 valence electrons. The van der Waals surface area contributed by atoms with Gasteiger partial charge in [0, 0.05) is 18.8 Å². The molecule has 17 heavy (non-hydrogen) atoms. The number of nitrogens with one attached hydrogen (secondary N) is 1. The number of hydrogen-bond acceptors (Lipinski definition) is 4. The lowest BCUT2D eigenvalue weighted by Gasteiger charge is -2.12. The van der Waals surface area contributed by atoms with E-state index in [0.717, 1.165) is 19.3 Å². The standard InChI is InChI=1S/C10H15N3O3S/c14-17(15)13-6-8-1-2-9(5-8)16-10-3-4-11-7-12-10/h3-4,7-9,13H,1-2,5-6H2,(H,14,15). The molecule has 1 heterocycles. The Bertz CT molecular complexity index is 376. The molecule has 3 atom stereocenters. The fourth-order valence-electron chi connectivity index (χ4n) is 2.03. The van der Waals surface area contributed by atoms with Crippen molar-refractivity contribution in [2.75, 3.05) is 6.54 Å². The van der Waals surface area contributed by atoms with Crippen LogP contribution < -0.4 is 9.46 Å². The maximum Gasteiger partial charge on any atom is 0.231 e. The van der Waals surface area contributed by atoms with E-state index in [-0.39, 0.29) is 6.10 Å². The van der Waals surface area contributed by atoms with Crippen LogP contribution in [0, 0.1) is 5.92 Å². The zero-order valence-corrected chi connectivity index (χ0v) is 10.1. The Balaban J connectivity index is 1.76. The van der Waals surface area contributed by atoms with Crippen LogP contribution >= 0.6 is 0 Å². The first-order chi connectivity index (χ1) is 8.24. The molecule has 1 aromatic heterocycles. The molecule has 1 fully saturated rings. The van der Waals surface area contributed by atoms with E-state index in [2.05, 4.69) is 14.7 Å². The average Bonchev–Trinajstić information content (AvgIpc) is 2.75. The minimum Gasteiger partial charge on any atom is -0.474 e. The fraction of sp³-hybridized carbons (Fsp3) is 0.600. The second-order valence-electron chi connectivity index (χ2n) is 4.06. The molecular weight excluding hydrogens is 242 g/mol. The molecule has 0 saturated heterocycles. The van der Waals surface area contributed by atoms with Gasteiger partial charge in [-0.2, -0.15) is 0 Å². The van der Waals surface area contributed by atoms with Crippen molar-refractivity contribution in [2.45, 2.75) is 25.4 Å². The van der Waals surface area contributed by atoms with E-state index in [1.54, 1.807) is 12.3 Å². The van der Waals surface area contributed by atoms with Crippen molar-refractivity contribution < 1.29 is 13.5 Å². The third-order valence-corrected chi connectivity index (χ3v) is 3.24. The second kappa shape index (κ2) is 6.04. The molecule has 0 amide bonds. The van der Waals surface area contributed by atoms with E-state index < -0.39 is 11.3 Å². The Kier molecular flexibility index (Phi) is 4.41. The Hall–Kier alpha value is -1.05. The summed E-state index contributed by atoms with van der Waals surface area (Å²) in [5.74, 6) is 0.974. The summed E-state index contributed by atoms with van der Waals surface area (Å²) in [6.45, 7) is 0.548. The first-order valence-electron chi connectivity index (χ1n) is 5.51. The van der Waals surface area contributed by atoms with E-state index in [9.17, 15) is 4.21 Å². The maximum absolute atomic E-state index is 10.5. The van der Waals surface area contributed by atoms with Gasteiger partial charge in [0.1, 0.15) is 12.4 Å². The molecule has 1 saturated carbocycles. The van der Waals surface area contributed by atoms with Crippen molar-refractivity contribution in [1.29, 1.82) is 0 Å². The monoisotopic (exact) mass is 257 g/mol. The molecule has 0 aromatic carbocycles. The minimum atomic E-state index is -1.92. The van der Waals surface area contributed by atoms with Crippen molar-refractivity contribution in [3.8, 4) is 5.88 Å². The second-order valence-corrected chi connectivity index (χ2v) is 4.85. The normalized spacial score (nSPS) is 25.7. The van der Waals surface area contributed by atoms with Gasteiger partial charge in [-0.3, -0.25) is 4.55 Å². The molecule has 0 radical (unpaired) electrons. The highest BCUT2D eigenvalue weighted by atomic mass is 32.2. The number of ether oxygens (including phenoxy) is 1. The van der Waals surface area contributed by atoms with Crippen LogP contribution in [0.15, 0.2) is 18.6 Å². The predicted octanol–water partition coefficient (Wildman–Crippen LogP) is 0.750. The molecular formula is C10H15N3O3S. The topological polar surface area (TPSA) is 84.3 Å². The maximum atomic E-state index is 10.5. The summed E-state index contributed by atoms with van der Waals surface area (Å²) in [5.41, 5.74) is 0. The zero-order valence-electron chi connectivity index (χ0n) is 9.28. The molecule has 6 nitrogen and oxygen atoms in total. The molecule has 1 aromatic rings. The number of aromatic nitrogens is 2. The highest BCUT2D eigenvalue weighted by Gasteiger charge is 2.26. The lowest BCUT2D eigenvalue weighted by atomic mass is 10.1. The van der Waals surface area contributed by atoms with E-state index >= 15 is 0 Å². The average molecular weight is 257 g/mol. The molecule has 1 aliphatic rings. The summed E-state index contributed by atoms with van der Waals surface area (Å²) in [5, 5.41) is 0. The van der Waals surface area contributed by atoms with Gasteiger partial charge in [-0.1, -0.05) is 0 Å². The molecule has 1 aliphatic carbocycles. The van der Waals surface area contributed by atoms with Gasteiger partial charge in [0.15, 0.2) is 0 Å². The number of rotatable bonds is 5. The zero-order chi connectivity index (χ0) is 12.1. The first-order valence-corrected chi connectivity index (χ1v) is 6.61. The van der Waals surface area contributed by atoms with Gasteiger partial charge in [-0.25, -0.2) is 18.9 Å². The van der Waals surface area contributed by atoms with Gasteiger partial charge < -0.3 is 4.74 Å². The van der Waals surface area contributed by atoms with Crippen molar-refractivity contribution >= 4 is 11.3 Å². The lowest BCUT2D eigenvalue weighted by molar-refractivity contribution is 0.195. The van der Waals surface area contributed by atoms with E-state index in [1.807, 2.05) is 0 Å². The van der Waals surface area contributed by atoms with Crippen LogP contribution in [0.5, 0.6) is 5.88 Å². The smallest absolute Gasteiger partial charge is 0.231 e. The van der Waals surface area contributed by atoms with Crippen LogP contribution in [0.2, 0.25) is 0 Å². The fourth-order valence-corrected chi connectivity index (χ4v) is 2.41. The third-order valence-electron chi connectivity index (χ3n) is 2.83. The summed E-state index contributed by atoms with van der Waals surface area (Å²) in [7, 11) is 0. The molecule has 0 bridgehead atoms. The van der Waals surface area contributed by atoms with Gasteiger partial charge in [0.05, 0.1) is 0 Å². The summed E-state index contributed by atoms with van der Waals surface area (Å²) >= 11 is -1.92. The van der Waals surface area contributed by atoms with E-state index in [4.69, 9.17) is 9.29 Å². The number of hydrogen-bond donors (Lipinski definition) is 2. The molecule has 2 rings (SSSR count). The van der Waals surface area contributed by atoms with Crippen molar-refractivity contribution in [3.05, 3.63) is 18.6 Å². The highest BCUT2D eigenvalue weighted by Crippen LogP contribution is 2.27. The first kappa shape index (κ1) is 12.4. The predicted molar refractivity (Wildman–Crippen MR) is 62.6 cm³/mol. The Morgan fingerprint density at radius 2 is 2.47 bits per heavy atom. The van der Waals surface area contributed by atoms with Gasteiger partial charge in [0.2, 0.25) is 17.1 Å².